The topological polar surface area (TPSA) is 107 Å². The van der Waals surface area contributed by atoms with Crippen molar-refractivity contribution in [1.29, 1.82) is 0 Å². The number of aromatic amines is 1. The maximum atomic E-state index is 11.8. The molecule has 1 aromatic heterocycles. The van der Waals surface area contributed by atoms with Gasteiger partial charge < -0.3 is 20.7 Å². The Morgan fingerprint density at radius 1 is 1.58 bits per heavy atom. The number of carboxylic acid groups (broad SMARTS) is 1. The maximum Gasteiger partial charge on any atom is 0.326 e. The van der Waals surface area contributed by atoms with E-state index in [0.29, 0.717) is 18.0 Å². The number of rotatable bonds is 6. The Bertz CT molecular complexity index is 426. The van der Waals surface area contributed by atoms with Crippen LogP contribution in [0.25, 0.3) is 0 Å². The fraction of sp³-hybridized carbons (Fsp3) is 0.583. The fourth-order valence-electron chi connectivity index (χ4n) is 2.22. The lowest BCUT2D eigenvalue weighted by Gasteiger charge is -2.15. The highest BCUT2D eigenvalue weighted by molar-refractivity contribution is 5.83. The normalized spacial score (nSPS) is 20.1. The molecule has 1 aliphatic rings. The Labute approximate surface area is 110 Å². The van der Waals surface area contributed by atoms with Crippen LogP contribution in [0.15, 0.2) is 12.5 Å². The van der Waals surface area contributed by atoms with Gasteiger partial charge >= 0.3 is 5.97 Å². The van der Waals surface area contributed by atoms with Crippen LogP contribution in [0.2, 0.25) is 0 Å². The van der Waals surface area contributed by atoms with Crippen LogP contribution in [0.5, 0.6) is 0 Å². The lowest BCUT2D eigenvalue weighted by atomic mass is 10.0. The maximum absolute atomic E-state index is 11.8. The molecule has 1 aliphatic heterocycles. The molecule has 1 saturated heterocycles. The molecular weight excluding hydrogens is 248 g/mol. The second-order valence-electron chi connectivity index (χ2n) is 4.80. The van der Waals surface area contributed by atoms with E-state index in [1.165, 1.54) is 6.33 Å². The van der Waals surface area contributed by atoms with Crippen LogP contribution in [-0.4, -0.2) is 46.1 Å². The van der Waals surface area contributed by atoms with Crippen molar-refractivity contribution in [2.24, 2.45) is 5.92 Å². The SMILES string of the molecule is O=C(CC1CCNC1)NC(Cc1cnc[nH]1)C(=O)O. The molecule has 2 unspecified atom stereocenters. The smallest absolute Gasteiger partial charge is 0.326 e. The molecule has 0 bridgehead atoms. The number of amides is 1. The molecule has 104 valence electrons. The number of hydrogen-bond acceptors (Lipinski definition) is 4. The van der Waals surface area contributed by atoms with Gasteiger partial charge in [-0.15, -0.1) is 0 Å². The third kappa shape index (κ3) is 4.06. The summed E-state index contributed by atoms with van der Waals surface area (Å²) in [5.74, 6) is -0.935. The molecule has 1 aromatic rings. The van der Waals surface area contributed by atoms with E-state index in [0.717, 1.165) is 19.5 Å². The standard InChI is InChI=1S/C12H18N4O3/c17-11(3-8-1-2-13-5-8)16-10(12(18)19)4-9-6-14-7-15-9/h6-8,10,13H,1-5H2,(H,14,15)(H,16,17)(H,18,19). The number of nitrogens with zero attached hydrogens (tertiary/aromatic N) is 1. The van der Waals surface area contributed by atoms with E-state index in [2.05, 4.69) is 20.6 Å². The van der Waals surface area contributed by atoms with Crippen LogP contribution in [0.4, 0.5) is 0 Å². The minimum Gasteiger partial charge on any atom is -0.480 e. The molecule has 19 heavy (non-hydrogen) atoms. The summed E-state index contributed by atoms with van der Waals surface area (Å²) >= 11 is 0. The summed E-state index contributed by atoms with van der Waals surface area (Å²) in [6.45, 7) is 1.75. The predicted molar refractivity (Wildman–Crippen MR) is 67.5 cm³/mol. The molecule has 7 heteroatoms. The third-order valence-corrected chi connectivity index (χ3v) is 3.25. The van der Waals surface area contributed by atoms with E-state index in [1.54, 1.807) is 6.20 Å². The van der Waals surface area contributed by atoms with Gasteiger partial charge in [0, 0.05) is 24.7 Å². The number of H-pyrrole nitrogens is 1. The molecule has 1 amide bonds. The van der Waals surface area contributed by atoms with Gasteiger partial charge in [0.2, 0.25) is 5.91 Å². The molecule has 2 heterocycles. The second kappa shape index (κ2) is 6.33. The van der Waals surface area contributed by atoms with Gasteiger partial charge in [0.25, 0.3) is 0 Å². The number of hydrogen-bond donors (Lipinski definition) is 4. The van der Waals surface area contributed by atoms with Crippen LogP contribution in [0.1, 0.15) is 18.5 Å². The van der Waals surface area contributed by atoms with Crippen LogP contribution in [0.3, 0.4) is 0 Å². The molecule has 4 N–H and O–H groups in total. The first-order valence-electron chi connectivity index (χ1n) is 6.35. The van der Waals surface area contributed by atoms with Crippen molar-refractivity contribution in [3.63, 3.8) is 0 Å². The van der Waals surface area contributed by atoms with Gasteiger partial charge in [0.15, 0.2) is 0 Å². The molecule has 0 spiro atoms. The second-order valence-corrected chi connectivity index (χ2v) is 4.80. The van der Waals surface area contributed by atoms with Gasteiger partial charge in [-0.2, -0.15) is 0 Å². The molecule has 0 radical (unpaired) electrons. The Morgan fingerprint density at radius 2 is 2.42 bits per heavy atom. The highest BCUT2D eigenvalue weighted by atomic mass is 16.4. The van der Waals surface area contributed by atoms with Crippen LogP contribution < -0.4 is 10.6 Å². The number of imidazole rings is 1. The number of carboxylic acids is 1. The summed E-state index contributed by atoms with van der Waals surface area (Å²) in [7, 11) is 0. The minimum atomic E-state index is -1.03. The lowest BCUT2D eigenvalue weighted by Crippen LogP contribution is -2.43. The van der Waals surface area contributed by atoms with E-state index in [9.17, 15) is 9.59 Å². The van der Waals surface area contributed by atoms with E-state index >= 15 is 0 Å². The highest BCUT2D eigenvalue weighted by Gasteiger charge is 2.24. The first kappa shape index (κ1) is 13.5. The number of carbonyl (C=O) groups is 2. The first-order chi connectivity index (χ1) is 9.15. The van der Waals surface area contributed by atoms with Gasteiger partial charge in [0.05, 0.1) is 6.33 Å². The predicted octanol–water partition coefficient (Wildman–Crippen LogP) is -0.479. The van der Waals surface area contributed by atoms with Crippen molar-refractivity contribution in [3.8, 4) is 0 Å². The van der Waals surface area contributed by atoms with Gasteiger partial charge in [-0.25, -0.2) is 9.78 Å². The highest BCUT2D eigenvalue weighted by Crippen LogP contribution is 2.12. The molecule has 0 aromatic carbocycles. The van der Waals surface area contributed by atoms with E-state index in [4.69, 9.17) is 5.11 Å². The monoisotopic (exact) mass is 266 g/mol. The molecule has 0 saturated carbocycles. The average Bonchev–Trinajstić information content (AvgIpc) is 3.00. The first-order valence-corrected chi connectivity index (χ1v) is 6.35. The Morgan fingerprint density at radius 3 is 3.00 bits per heavy atom. The molecule has 1 fully saturated rings. The van der Waals surface area contributed by atoms with Crippen molar-refractivity contribution >= 4 is 11.9 Å². The van der Waals surface area contributed by atoms with Crippen LogP contribution in [0, 0.1) is 5.92 Å². The van der Waals surface area contributed by atoms with Crippen molar-refractivity contribution in [2.45, 2.75) is 25.3 Å². The Hall–Kier alpha value is -1.89. The van der Waals surface area contributed by atoms with Gasteiger partial charge in [-0.1, -0.05) is 0 Å². The van der Waals surface area contributed by atoms with Gasteiger partial charge in [0.1, 0.15) is 6.04 Å². The largest absolute Gasteiger partial charge is 0.480 e. The van der Waals surface area contributed by atoms with Gasteiger partial charge in [-0.05, 0) is 25.4 Å². The van der Waals surface area contributed by atoms with Gasteiger partial charge in [-0.3, -0.25) is 4.79 Å². The third-order valence-electron chi connectivity index (χ3n) is 3.25. The summed E-state index contributed by atoms with van der Waals surface area (Å²) in [4.78, 5) is 29.6. The van der Waals surface area contributed by atoms with Crippen LogP contribution >= 0.6 is 0 Å². The average molecular weight is 266 g/mol. The zero-order chi connectivity index (χ0) is 13.7. The molecule has 2 rings (SSSR count). The number of aromatic nitrogens is 2. The Kier molecular flexibility index (Phi) is 4.51. The summed E-state index contributed by atoms with van der Waals surface area (Å²) in [5, 5.41) is 14.9. The number of nitrogens with one attached hydrogen (secondary N) is 3. The summed E-state index contributed by atoms with van der Waals surface area (Å²) in [6.07, 6.45) is 4.60. The number of carbonyl (C=O) groups excluding carboxylic acids is 1. The number of aliphatic carboxylic acids is 1. The van der Waals surface area contributed by atoms with Crippen LogP contribution in [-0.2, 0) is 16.0 Å². The summed E-state index contributed by atoms with van der Waals surface area (Å²) in [5.41, 5.74) is 0.690. The molecule has 7 nitrogen and oxygen atoms in total. The fourth-order valence-corrected chi connectivity index (χ4v) is 2.22. The quantitative estimate of drug-likeness (QED) is 0.556. The minimum absolute atomic E-state index is 0.208. The van der Waals surface area contributed by atoms with E-state index < -0.39 is 12.0 Å². The van der Waals surface area contributed by atoms with Crippen molar-refractivity contribution < 1.29 is 14.7 Å². The van der Waals surface area contributed by atoms with Crippen molar-refractivity contribution in [3.05, 3.63) is 18.2 Å². The van der Waals surface area contributed by atoms with Crippen molar-refractivity contribution in [1.82, 2.24) is 20.6 Å². The van der Waals surface area contributed by atoms with E-state index in [1.807, 2.05) is 0 Å². The van der Waals surface area contributed by atoms with Crippen molar-refractivity contribution in [2.75, 3.05) is 13.1 Å². The zero-order valence-corrected chi connectivity index (χ0v) is 10.6. The Balaban J connectivity index is 1.85. The molecule has 0 aliphatic carbocycles. The van der Waals surface area contributed by atoms with E-state index in [-0.39, 0.29) is 12.3 Å². The summed E-state index contributed by atoms with van der Waals surface area (Å²) < 4.78 is 0. The molecular formula is C12H18N4O3. The molecule has 2 atom stereocenters. The summed E-state index contributed by atoms with van der Waals surface area (Å²) in [6, 6.07) is -0.915. The lowest BCUT2D eigenvalue weighted by molar-refractivity contribution is -0.141. The zero-order valence-electron chi connectivity index (χ0n) is 10.6.